The van der Waals surface area contributed by atoms with E-state index in [1.54, 1.807) is 4.90 Å². The van der Waals surface area contributed by atoms with Crippen molar-refractivity contribution in [3.05, 3.63) is 76.0 Å². The van der Waals surface area contributed by atoms with Crippen molar-refractivity contribution in [2.75, 3.05) is 4.90 Å². The van der Waals surface area contributed by atoms with Gasteiger partial charge in [-0.3, -0.25) is 14.5 Å². The number of carbonyl (C=O) groups is 2. The SMILES string of the molecule is Cc1ccc(N2C(=O)CC(c3ccccc3)C3=C2CC(C)(C)CC3=O)cc1Cl. The second-order valence-corrected chi connectivity index (χ2v) is 9.04. The summed E-state index contributed by atoms with van der Waals surface area (Å²) in [5.74, 6) is -0.0155. The summed E-state index contributed by atoms with van der Waals surface area (Å²) in [6.07, 6.45) is 1.49. The fourth-order valence-electron chi connectivity index (χ4n) is 4.41. The lowest BCUT2D eigenvalue weighted by atomic mass is 9.69. The normalized spacial score (nSPS) is 21.7. The van der Waals surface area contributed by atoms with Gasteiger partial charge in [-0.25, -0.2) is 0 Å². The molecule has 28 heavy (non-hydrogen) atoms. The van der Waals surface area contributed by atoms with Crippen LogP contribution in [0.15, 0.2) is 59.8 Å². The Bertz CT molecular complexity index is 991. The molecule has 0 fully saturated rings. The minimum atomic E-state index is -0.179. The second kappa shape index (κ2) is 6.89. The quantitative estimate of drug-likeness (QED) is 0.645. The second-order valence-electron chi connectivity index (χ2n) is 8.63. The van der Waals surface area contributed by atoms with Gasteiger partial charge in [-0.1, -0.05) is 61.8 Å². The zero-order chi connectivity index (χ0) is 20.1. The molecule has 0 radical (unpaired) electrons. The van der Waals surface area contributed by atoms with Crippen molar-refractivity contribution in [2.24, 2.45) is 5.41 Å². The molecule has 1 unspecified atom stereocenters. The number of halogens is 1. The minimum absolute atomic E-state index is 0.0121. The third kappa shape index (κ3) is 3.29. The largest absolute Gasteiger partial charge is 0.294 e. The Kier molecular flexibility index (Phi) is 4.67. The maximum absolute atomic E-state index is 13.3. The number of nitrogens with zero attached hydrogens (tertiary/aromatic N) is 1. The van der Waals surface area contributed by atoms with Gasteiger partial charge in [0.2, 0.25) is 5.91 Å². The van der Waals surface area contributed by atoms with E-state index in [0.29, 0.717) is 24.3 Å². The van der Waals surface area contributed by atoms with Crippen molar-refractivity contribution in [1.82, 2.24) is 0 Å². The van der Waals surface area contributed by atoms with Crippen molar-refractivity contribution in [1.29, 1.82) is 0 Å². The first-order valence-electron chi connectivity index (χ1n) is 9.67. The summed E-state index contributed by atoms with van der Waals surface area (Å²) in [4.78, 5) is 28.2. The highest BCUT2D eigenvalue weighted by molar-refractivity contribution is 6.31. The van der Waals surface area contributed by atoms with E-state index in [0.717, 1.165) is 28.1 Å². The smallest absolute Gasteiger partial charge is 0.232 e. The van der Waals surface area contributed by atoms with E-state index in [1.807, 2.05) is 55.5 Å². The van der Waals surface area contributed by atoms with Gasteiger partial charge in [-0.2, -0.15) is 0 Å². The Morgan fingerprint density at radius 2 is 1.75 bits per heavy atom. The summed E-state index contributed by atoms with van der Waals surface area (Å²) in [6, 6.07) is 15.6. The molecule has 1 aliphatic carbocycles. The maximum atomic E-state index is 13.3. The molecule has 2 aromatic rings. The molecule has 0 spiro atoms. The van der Waals surface area contributed by atoms with Gasteiger partial charge in [0.15, 0.2) is 5.78 Å². The van der Waals surface area contributed by atoms with E-state index in [-0.39, 0.29) is 23.0 Å². The van der Waals surface area contributed by atoms with Gasteiger partial charge in [0.1, 0.15) is 0 Å². The molecule has 4 heteroatoms. The molecule has 1 amide bonds. The van der Waals surface area contributed by atoms with E-state index in [4.69, 9.17) is 11.6 Å². The number of hydrogen-bond acceptors (Lipinski definition) is 2. The van der Waals surface area contributed by atoms with E-state index in [2.05, 4.69) is 13.8 Å². The van der Waals surface area contributed by atoms with Gasteiger partial charge in [-0.15, -0.1) is 0 Å². The van der Waals surface area contributed by atoms with Crippen LogP contribution in [0.5, 0.6) is 0 Å². The summed E-state index contributed by atoms with van der Waals surface area (Å²) < 4.78 is 0. The Morgan fingerprint density at radius 1 is 1.04 bits per heavy atom. The first-order chi connectivity index (χ1) is 13.3. The number of hydrogen-bond donors (Lipinski definition) is 0. The summed E-state index contributed by atoms with van der Waals surface area (Å²) in [6.45, 7) is 6.12. The van der Waals surface area contributed by atoms with Crippen LogP contribution >= 0.6 is 11.6 Å². The lowest BCUT2D eigenvalue weighted by molar-refractivity contribution is -0.121. The minimum Gasteiger partial charge on any atom is -0.294 e. The first kappa shape index (κ1) is 18.9. The van der Waals surface area contributed by atoms with Crippen LogP contribution in [0.3, 0.4) is 0 Å². The first-order valence-corrected chi connectivity index (χ1v) is 10.0. The molecular formula is C24H24ClNO2. The maximum Gasteiger partial charge on any atom is 0.232 e. The van der Waals surface area contributed by atoms with E-state index in [9.17, 15) is 9.59 Å². The molecule has 2 aliphatic rings. The Hall–Kier alpha value is -2.39. The molecule has 1 aliphatic heterocycles. The average Bonchev–Trinajstić information content (AvgIpc) is 2.63. The molecule has 1 atom stereocenters. The monoisotopic (exact) mass is 393 g/mol. The molecule has 1 heterocycles. The van der Waals surface area contributed by atoms with E-state index >= 15 is 0 Å². The van der Waals surface area contributed by atoms with Gasteiger partial charge in [0, 0.05) is 35.1 Å². The predicted octanol–water partition coefficient (Wildman–Crippen LogP) is 5.81. The molecule has 0 bridgehead atoms. The van der Waals surface area contributed by atoms with Crippen molar-refractivity contribution >= 4 is 29.0 Å². The number of carbonyl (C=O) groups excluding carboxylic acids is 2. The number of benzene rings is 2. The fraction of sp³-hybridized carbons (Fsp3) is 0.333. The topological polar surface area (TPSA) is 37.4 Å². The fourth-order valence-corrected chi connectivity index (χ4v) is 4.58. The molecule has 3 nitrogen and oxygen atoms in total. The van der Waals surface area contributed by atoms with Crippen molar-refractivity contribution < 1.29 is 9.59 Å². The molecule has 4 rings (SSSR count). The number of aryl methyl sites for hydroxylation is 1. The zero-order valence-electron chi connectivity index (χ0n) is 16.5. The molecule has 0 saturated heterocycles. The highest BCUT2D eigenvalue weighted by Crippen LogP contribution is 2.48. The van der Waals surface area contributed by atoms with Gasteiger partial charge in [0.05, 0.1) is 5.69 Å². The van der Waals surface area contributed by atoms with Crippen molar-refractivity contribution in [2.45, 2.75) is 46.0 Å². The van der Waals surface area contributed by atoms with Crippen LogP contribution in [-0.4, -0.2) is 11.7 Å². The number of rotatable bonds is 2. The number of allylic oxidation sites excluding steroid dienone is 2. The number of anilines is 1. The third-order valence-electron chi connectivity index (χ3n) is 5.76. The molecule has 0 saturated carbocycles. The Morgan fingerprint density at radius 3 is 2.43 bits per heavy atom. The number of ketones is 1. The number of amides is 1. The van der Waals surface area contributed by atoms with Gasteiger partial charge in [0.25, 0.3) is 0 Å². The summed E-state index contributed by atoms with van der Waals surface area (Å²) in [5.41, 5.74) is 4.18. The third-order valence-corrected chi connectivity index (χ3v) is 6.17. The number of Topliss-reactive ketones (excluding diaryl/α,β-unsaturated/α-hetero) is 1. The van der Waals surface area contributed by atoms with Gasteiger partial charge in [-0.05, 0) is 42.0 Å². The van der Waals surface area contributed by atoms with Crippen LogP contribution in [0.1, 0.15) is 50.2 Å². The summed E-state index contributed by atoms with van der Waals surface area (Å²) >= 11 is 6.34. The highest BCUT2D eigenvalue weighted by atomic mass is 35.5. The van der Waals surface area contributed by atoms with Crippen molar-refractivity contribution in [3.63, 3.8) is 0 Å². The van der Waals surface area contributed by atoms with E-state index in [1.165, 1.54) is 0 Å². The molecule has 144 valence electrons. The molecule has 0 N–H and O–H groups in total. The van der Waals surface area contributed by atoms with Gasteiger partial charge >= 0.3 is 0 Å². The van der Waals surface area contributed by atoms with Crippen LogP contribution in [0.2, 0.25) is 5.02 Å². The summed E-state index contributed by atoms with van der Waals surface area (Å²) in [7, 11) is 0. The molecular weight excluding hydrogens is 370 g/mol. The van der Waals surface area contributed by atoms with Crippen LogP contribution in [0.4, 0.5) is 5.69 Å². The van der Waals surface area contributed by atoms with Gasteiger partial charge < -0.3 is 0 Å². The summed E-state index contributed by atoms with van der Waals surface area (Å²) in [5, 5.41) is 0.624. The molecule has 2 aromatic carbocycles. The lowest BCUT2D eigenvalue weighted by Crippen LogP contribution is -2.43. The standard InChI is InChI=1S/C24H24ClNO2/c1-15-9-10-17(11-19(15)25)26-20-13-24(2,3)14-21(27)23(20)18(12-22(26)28)16-7-5-4-6-8-16/h4-11,18H,12-14H2,1-3H3. The predicted molar refractivity (Wildman–Crippen MR) is 113 cm³/mol. The highest BCUT2D eigenvalue weighted by Gasteiger charge is 2.44. The zero-order valence-corrected chi connectivity index (χ0v) is 17.2. The molecule has 0 aromatic heterocycles. The van der Waals surface area contributed by atoms with Crippen LogP contribution in [-0.2, 0) is 9.59 Å². The van der Waals surface area contributed by atoms with Crippen molar-refractivity contribution in [3.8, 4) is 0 Å². The Labute approximate surface area is 171 Å². The lowest BCUT2D eigenvalue weighted by Gasteiger charge is -2.43. The van der Waals surface area contributed by atoms with Crippen LogP contribution < -0.4 is 4.90 Å². The van der Waals surface area contributed by atoms with Crippen LogP contribution in [0.25, 0.3) is 0 Å². The van der Waals surface area contributed by atoms with Crippen LogP contribution in [0, 0.1) is 12.3 Å². The van der Waals surface area contributed by atoms with E-state index < -0.39 is 0 Å². The average molecular weight is 394 g/mol. The Balaban J connectivity index is 1.90.